The van der Waals surface area contributed by atoms with Gasteiger partial charge in [0, 0.05) is 24.8 Å². The molecule has 5 nitrogen and oxygen atoms in total. The van der Waals surface area contributed by atoms with E-state index in [-0.39, 0.29) is 5.91 Å². The zero-order valence-electron chi connectivity index (χ0n) is 13.6. The molecule has 0 saturated carbocycles. The molecule has 2 N–H and O–H groups in total. The molecule has 0 spiro atoms. The van der Waals surface area contributed by atoms with Crippen LogP contribution in [0.5, 0.6) is 5.75 Å². The van der Waals surface area contributed by atoms with Crippen molar-refractivity contribution in [3.05, 3.63) is 53.7 Å². The lowest BCUT2D eigenvalue weighted by Crippen LogP contribution is -2.24. The number of hydrogen-bond acceptors (Lipinski definition) is 4. The summed E-state index contributed by atoms with van der Waals surface area (Å²) in [7, 11) is 1.66. The fraction of sp³-hybridized carbons (Fsp3) is 0.333. The zero-order valence-corrected chi connectivity index (χ0v) is 13.6. The first-order valence-electron chi connectivity index (χ1n) is 7.84. The molecule has 122 valence electrons. The lowest BCUT2D eigenvalue weighted by atomic mass is 10.1. The molecule has 23 heavy (non-hydrogen) atoms. The van der Waals surface area contributed by atoms with E-state index in [0.717, 1.165) is 25.1 Å². The Morgan fingerprint density at radius 3 is 2.65 bits per heavy atom. The normalized spacial score (nSPS) is 10.2. The van der Waals surface area contributed by atoms with E-state index in [4.69, 9.17) is 4.74 Å². The third-order valence-corrected chi connectivity index (χ3v) is 3.44. The lowest BCUT2D eigenvalue weighted by Gasteiger charge is -2.08. The number of anilines is 1. The molecule has 0 unspecified atom stereocenters. The maximum atomic E-state index is 11.9. The van der Waals surface area contributed by atoms with E-state index >= 15 is 0 Å². The Morgan fingerprint density at radius 2 is 1.96 bits per heavy atom. The van der Waals surface area contributed by atoms with Crippen LogP contribution in [0.4, 0.5) is 5.82 Å². The third-order valence-electron chi connectivity index (χ3n) is 3.44. The molecule has 0 radical (unpaired) electrons. The highest BCUT2D eigenvalue weighted by atomic mass is 16.5. The topological polar surface area (TPSA) is 63.2 Å². The van der Waals surface area contributed by atoms with E-state index in [1.165, 1.54) is 5.56 Å². The standard InChI is InChI=1S/C18H23N3O2/c1-3-10-21-18(22)15-9-12-20-17(13-15)19-11-8-14-4-6-16(23-2)7-5-14/h4-7,9,12-13H,3,8,10-11H2,1-2H3,(H,19,20)(H,21,22). The summed E-state index contributed by atoms with van der Waals surface area (Å²) < 4.78 is 5.14. The van der Waals surface area contributed by atoms with Crippen molar-refractivity contribution >= 4 is 11.7 Å². The summed E-state index contributed by atoms with van der Waals surface area (Å²) in [6.07, 6.45) is 3.44. The van der Waals surface area contributed by atoms with E-state index < -0.39 is 0 Å². The van der Waals surface area contributed by atoms with Gasteiger partial charge in [-0.3, -0.25) is 4.79 Å². The smallest absolute Gasteiger partial charge is 0.251 e. The van der Waals surface area contributed by atoms with Crippen LogP contribution in [0.2, 0.25) is 0 Å². The first-order chi connectivity index (χ1) is 11.2. The van der Waals surface area contributed by atoms with Crippen LogP contribution in [-0.2, 0) is 6.42 Å². The maximum Gasteiger partial charge on any atom is 0.251 e. The Kier molecular flexibility index (Phi) is 6.41. The summed E-state index contributed by atoms with van der Waals surface area (Å²) in [5, 5.41) is 6.11. The predicted molar refractivity (Wildman–Crippen MR) is 92.0 cm³/mol. The Bertz CT molecular complexity index is 626. The van der Waals surface area contributed by atoms with Crippen LogP contribution in [-0.4, -0.2) is 31.1 Å². The first kappa shape index (κ1) is 16.8. The van der Waals surface area contributed by atoms with Gasteiger partial charge in [0.25, 0.3) is 5.91 Å². The highest BCUT2D eigenvalue weighted by molar-refractivity contribution is 5.94. The van der Waals surface area contributed by atoms with Gasteiger partial charge < -0.3 is 15.4 Å². The van der Waals surface area contributed by atoms with Gasteiger partial charge in [-0.15, -0.1) is 0 Å². The van der Waals surface area contributed by atoms with Gasteiger partial charge in [-0.1, -0.05) is 19.1 Å². The van der Waals surface area contributed by atoms with Crippen molar-refractivity contribution in [3.63, 3.8) is 0 Å². The number of methoxy groups -OCH3 is 1. The van der Waals surface area contributed by atoms with Gasteiger partial charge in [-0.25, -0.2) is 4.98 Å². The van der Waals surface area contributed by atoms with Gasteiger partial charge in [0.15, 0.2) is 0 Å². The van der Waals surface area contributed by atoms with Gasteiger partial charge in [0.2, 0.25) is 0 Å². The molecule has 2 rings (SSSR count). The lowest BCUT2D eigenvalue weighted by molar-refractivity contribution is 0.0953. The van der Waals surface area contributed by atoms with Crippen LogP contribution >= 0.6 is 0 Å². The Hall–Kier alpha value is -2.56. The highest BCUT2D eigenvalue weighted by Crippen LogP contribution is 2.12. The third kappa shape index (κ3) is 5.29. The quantitative estimate of drug-likeness (QED) is 0.786. The second kappa shape index (κ2) is 8.78. The predicted octanol–water partition coefficient (Wildman–Crippen LogP) is 2.88. The van der Waals surface area contributed by atoms with Crippen LogP contribution in [0, 0.1) is 0 Å². The number of benzene rings is 1. The van der Waals surface area contributed by atoms with Crippen molar-refractivity contribution in [3.8, 4) is 5.75 Å². The van der Waals surface area contributed by atoms with Crippen LogP contribution in [0.15, 0.2) is 42.6 Å². The van der Waals surface area contributed by atoms with Crippen LogP contribution in [0.3, 0.4) is 0 Å². The first-order valence-corrected chi connectivity index (χ1v) is 7.84. The minimum Gasteiger partial charge on any atom is -0.497 e. The summed E-state index contributed by atoms with van der Waals surface area (Å²) in [6, 6.07) is 11.5. The number of nitrogens with zero attached hydrogens (tertiary/aromatic N) is 1. The highest BCUT2D eigenvalue weighted by Gasteiger charge is 2.05. The molecule has 1 amide bonds. The van der Waals surface area contributed by atoms with Gasteiger partial charge in [-0.2, -0.15) is 0 Å². The fourth-order valence-corrected chi connectivity index (χ4v) is 2.14. The zero-order chi connectivity index (χ0) is 16.5. The number of pyridine rings is 1. The molecule has 0 aliphatic heterocycles. The summed E-state index contributed by atoms with van der Waals surface area (Å²) >= 11 is 0. The maximum absolute atomic E-state index is 11.9. The molecule has 0 atom stereocenters. The fourth-order valence-electron chi connectivity index (χ4n) is 2.14. The molecule has 5 heteroatoms. The summed E-state index contributed by atoms with van der Waals surface area (Å²) in [4.78, 5) is 16.2. The van der Waals surface area contributed by atoms with Gasteiger partial charge in [0.1, 0.15) is 11.6 Å². The van der Waals surface area contributed by atoms with E-state index in [9.17, 15) is 4.79 Å². The van der Waals surface area contributed by atoms with Crippen molar-refractivity contribution in [2.75, 3.05) is 25.5 Å². The van der Waals surface area contributed by atoms with Gasteiger partial charge in [0.05, 0.1) is 7.11 Å². The molecule has 0 aliphatic rings. The Balaban J connectivity index is 1.86. The number of carbonyl (C=O) groups is 1. The number of hydrogen-bond donors (Lipinski definition) is 2. The SMILES string of the molecule is CCCNC(=O)c1ccnc(NCCc2ccc(OC)cc2)c1. The largest absolute Gasteiger partial charge is 0.497 e. The molecular formula is C18H23N3O2. The van der Waals surface area contributed by atoms with E-state index in [1.54, 1.807) is 25.4 Å². The number of aromatic nitrogens is 1. The number of nitrogens with one attached hydrogen (secondary N) is 2. The monoisotopic (exact) mass is 313 g/mol. The molecule has 1 heterocycles. The molecule has 0 bridgehead atoms. The van der Waals surface area contributed by atoms with Crippen LogP contribution in [0.25, 0.3) is 0 Å². The molecule has 0 fully saturated rings. The number of carbonyl (C=O) groups excluding carboxylic acids is 1. The van der Waals surface area contributed by atoms with Gasteiger partial charge in [-0.05, 0) is 42.7 Å². The summed E-state index contributed by atoms with van der Waals surface area (Å²) in [5.41, 5.74) is 1.84. The van der Waals surface area contributed by atoms with Crippen molar-refractivity contribution in [1.82, 2.24) is 10.3 Å². The van der Waals surface area contributed by atoms with Crippen molar-refractivity contribution in [2.45, 2.75) is 19.8 Å². The molecule has 0 aliphatic carbocycles. The molecule has 1 aromatic heterocycles. The molecule has 2 aromatic rings. The van der Waals surface area contributed by atoms with E-state index in [2.05, 4.69) is 15.6 Å². The van der Waals surface area contributed by atoms with Crippen LogP contribution < -0.4 is 15.4 Å². The number of amides is 1. The average molecular weight is 313 g/mol. The second-order valence-corrected chi connectivity index (χ2v) is 5.21. The Morgan fingerprint density at radius 1 is 1.17 bits per heavy atom. The Labute approximate surface area is 137 Å². The van der Waals surface area contributed by atoms with Crippen molar-refractivity contribution in [1.29, 1.82) is 0 Å². The van der Waals surface area contributed by atoms with Crippen LogP contribution in [0.1, 0.15) is 29.3 Å². The van der Waals surface area contributed by atoms with Crippen molar-refractivity contribution < 1.29 is 9.53 Å². The van der Waals surface area contributed by atoms with Crippen molar-refractivity contribution in [2.24, 2.45) is 0 Å². The summed E-state index contributed by atoms with van der Waals surface area (Å²) in [6.45, 7) is 3.46. The van der Waals surface area contributed by atoms with Gasteiger partial charge >= 0.3 is 0 Å². The van der Waals surface area contributed by atoms with E-state index in [1.807, 2.05) is 31.2 Å². The minimum atomic E-state index is -0.0625. The average Bonchev–Trinajstić information content (AvgIpc) is 2.60. The number of rotatable bonds is 8. The molecule has 0 saturated heterocycles. The number of ether oxygens (including phenoxy) is 1. The molecular weight excluding hydrogens is 290 g/mol. The summed E-state index contributed by atoms with van der Waals surface area (Å²) in [5.74, 6) is 1.50. The second-order valence-electron chi connectivity index (χ2n) is 5.21. The van der Waals surface area contributed by atoms with E-state index in [0.29, 0.717) is 17.9 Å². The molecule has 1 aromatic carbocycles. The minimum absolute atomic E-state index is 0.0625.